The van der Waals surface area contributed by atoms with Crippen LogP contribution in [0.4, 0.5) is 0 Å². The quantitative estimate of drug-likeness (QED) is 0.334. The molecule has 2 fully saturated rings. The van der Waals surface area contributed by atoms with Gasteiger partial charge in [-0.25, -0.2) is 0 Å². The molecule has 2 rings (SSSR count). The molecule has 26 heavy (non-hydrogen) atoms. The lowest BCUT2D eigenvalue weighted by atomic mass is 10.00. The lowest BCUT2D eigenvalue weighted by Gasteiger charge is -2.45. The monoisotopic (exact) mass is 483 g/mol. The summed E-state index contributed by atoms with van der Waals surface area (Å²) in [7, 11) is 1.83. The van der Waals surface area contributed by atoms with Gasteiger partial charge in [0.05, 0.1) is 25.4 Å². The summed E-state index contributed by atoms with van der Waals surface area (Å²) in [6, 6.07) is 0. The fourth-order valence-corrected chi connectivity index (χ4v) is 3.46. The van der Waals surface area contributed by atoms with Crippen molar-refractivity contribution in [3.8, 4) is 0 Å². The minimum Gasteiger partial charge on any atom is -0.379 e. The van der Waals surface area contributed by atoms with Crippen LogP contribution in [0.25, 0.3) is 0 Å². The van der Waals surface area contributed by atoms with Crippen molar-refractivity contribution in [2.45, 2.75) is 45.4 Å². The largest absolute Gasteiger partial charge is 0.379 e. The van der Waals surface area contributed by atoms with E-state index in [4.69, 9.17) is 9.47 Å². The van der Waals surface area contributed by atoms with Crippen molar-refractivity contribution >= 4 is 29.9 Å². The lowest BCUT2D eigenvalue weighted by molar-refractivity contribution is -0.0946. The minimum absolute atomic E-state index is 0. The molecule has 2 aliphatic rings. The van der Waals surface area contributed by atoms with Crippen LogP contribution in [0.3, 0.4) is 0 Å². The number of nitrogens with one attached hydrogen (secondary N) is 2. The molecule has 0 saturated carbocycles. The Balaban J connectivity index is 0.00000338. The molecule has 0 radical (unpaired) electrons. The van der Waals surface area contributed by atoms with Crippen LogP contribution in [-0.2, 0) is 9.47 Å². The van der Waals surface area contributed by atoms with Crippen molar-refractivity contribution in [2.24, 2.45) is 4.99 Å². The van der Waals surface area contributed by atoms with Gasteiger partial charge in [-0.15, -0.1) is 24.0 Å². The van der Waals surface area contributed by atoms with Crippen LogP contribution in [0.15, 0.2) is 4.99 Å². The van der Waals surface area contributed by atoms with Gasteiger partial charge in [0.25, 0.3) is 0 Å². The van der Waals surface area contributed by atoms with Crippen molar-refractivity contribution in [2.75, 3.05) is 66.1 Å². The van der Waals surface area contributed by atoms with Gasteiger partial charge in [0, 0.05) is 58.4 Å². The molecule has 2 saturated heterocycles. The molecule has 2 atom stereocenters. The molecule has 8 heteroatoms. The van der Waals surface area contributed by atoms with Gasteiger partial charge < -0.3 is 20.1 Å². The Labute approximate surface area is 176 Å². The van der Waals surface area contributed by atoms with E-state index in [1.807, 2.05) is 7.05 Å². The van der Waals surface area contributed by atoms with E-state index in [1.165, 1.54) is 0 Å². The number of nitrogens with zero attached hydrogens (tertiary/aromatic N) is 3. The number of halogens is 1. The highest BCUT2D eigenvalue weighted by atomic mass is 127. The highest BCUT2D eigenvalue weighted by Crippen LogP contribution is 2.20. The molecule has 2 heterocycles. The minimum atomic E-state index is 0. The number of morpholine rings is 2. The molecular formula is C18H38IN5O2. The zero-order chi connectivity index (χ0) is 18.3. The molecule has 0 aromatic heterocycles. The van der Waals surface area contributed by atoms with Crippen LogP contribution in [-0.4, -0.2) is 99.6 Å². The Bertz CT molecular complexity index is 420. The van der Waals surface area contributed by atoms with Gasteiger partial charge in [-0.3, -0.25) is 14.8 Å². The first-order chi connectivity index (χ1) is 11.9. The highest BCUT2D eigenvalue weighted by Gasteiger charge is 2.33. The molecule has 0 amide bonds. The second-order valence-corrected chi connectivity index (χ2v) is 7.78. The number of aliphatic imine (C=N–C) groups is 1. The molecule has 0 aliphatic carbocycles. The Morgan fingerprint density at radius 2 is 1.73 bits per heavy atom. The summed E-state index contributed by atoms with van der Waals surface area (Å²) >= 11 is 0. The Hall–Kier alpha value is -0.160. The van der Waals surface area contributed by atoms with E-state index in [0.29, 0.717) is 0 Å². The molecule has 0 aromatic carbocycles. The molecule has 154 valence electrons. The predicted molar refractivity (Wildman–Crippen MR) is 118 cm³/mol. The maximum Gasteiger partial charge on any atom is 0.191 e. The van der Waals surface area contributed by atoms with Crippen molar-refractivity contribution in [3.05, 3.63) is 0 Å². The topological polar surface area (TPSA) is 61.4 Å². The number of rotatable bonds is 6. The smallest absolute Gasteiger partial charge is 0.191 e. The molecule has 0 aromatic rings. The Kier molecular flexibility index (Phi) is 10.7. The molecule has 0 spiro atoms. The van der Waals surface area contributed by atoms with Crippen LogP contribution in [0, 0.1) is 0 Å². The third kappa shape index (κ3) is 7.84. The van der Waals surface area contributed by atoms with Crippen LogP contribution >= 0.6 is 24.0 Å². The highest BCUT2D eigenvalue weighted by molar-refractivity contribution is 14.0. The summed E-state index contributed by atoms with van der Waals surface area (Å²) in [6.07, 6.45) is 0.572. The van der Waals surface area contributed by atoms with Crippen LogP contribution in [0.5, 0.6) is 0 Å². The zero-order valence-corrected chi connectivity index (χ0v) is 19.4. The van der Waals surface area contributed by atoms with Crippen LogP contribution in [0.1, 0.15) is 27.7 Å². The number of hydrogen-bond acceptors (Lipinski definition) is 5. The average molecular weight is 483 g/mol. The van der Waals surface area contributed by atoms with Gasteiger partial charge in [0.1, 0.15) is 0 Å². The molecule has 2 N–H and O–H groups in total. The first-order valence-corrected chi connectivity index (χ1v) is 9.56. The normalized spacial score (nSPS) is 26.3. The molecule has 7 nitrogen and oxygen atoms in total. The molecule has 0 bridgehead atoms. The summed E-state index contributed by atoms with van der Waals surface area (Å²) in [5, 5.41) is 6.91. The number of guanidine groups is 1. The second-order valence-electron chi connectivity index (χ2n) is 7.78. The van der Waals surface area contributed by atoms with Gasteiger partial charge in [0.15, 0.2) is 5.96 Å². The third-order valence-corrected chi connectivity index (χ3v) is 5.01. The SMILES string of the molecule is CN=C(NCCN1CCOCC1)NCC(C)(C)N1CC(C)OC(C)C1.I. The Morgan fingerprint density at radius 1 is 1.12 bits per heavy atom. The second kappa shape index (κ2) is 11.6. The number of ether oxygens (including phenoxy) is 2. The van der Waals surface area contributed by atoms with Gasteiger partial charge in [-0.2, -0.15) is 0 Å². The number of hydrogen-bond donors (Lipinski definition) is 2. The van der Waals surface area contributed by atoms with E-state index in [2.05, 4.69) is 53.1 Å². The van der Waals surface area contributed by atoms with Crippen LogP contribution in [0.2, 0.25) is 0 Å². The van der Waals surface area contributed by atoms with E-state index < -0.39 is 0 Å². The molecule has 2 unspecified atom stereocenters. The van der Waals surface area contributed by atoms with E-state index in [0.717, 1.165) is 65.0 Å². The van der Waals surface area contributed by atoms with Gasteiger partial charge in [-0.1, -0.05) is 0 Å². The Morgan fingerprint density at radius 3 is 2.31 bits per heavy atom. The third-order valence-electron chi connectivity index (χ3n) is 5.01. The van der Waals surface area contributed by atoms with Crippen molar-refractivity contribution < 1.29 is 9.47 Å². The lowest BCUT2D eigenvalue weighted by Crippen LogP contribution is -2.59. The predicted octanol–water partition coefficient (Wildman–Crippen LogP) is 0.989. The van der Waals surface area contributed by atoms with Gasteiger partial charge in [0.2, 0.25) is 0 Å². The molecule has 2 aliphatic heterocycles. The first kappa shape index (κ1) is 23.9. The summed E-state index contributed by atoms with van der Waals surface area (Å²) < 4.78 is 11.2. The van der Waals surface area contributed by atoms with E-state index in [1.54, 1.807) is 0 Å². The summed E-state index contributed by atoms with van der Waals surface area (Å²) in [5.74, 6) is 0.871. The summed E-state index contributed by atoms with van der Waals surface area (Å²) in [5.41, 5.74) is 0.0497. The fraction of sp³-hybridized carbons (Fsp3) is 0.944. The maximum absolute atomic E-state index is 5.86. The maximum atomic E-state index is 5.86. The summed E-state index contributed by atoms with van der Waals surface area (Å²) in [4.78, 5) is 9.29. The fourth-order valence-electron chi connectivity index (χ4n) is 3.46. The average Bonchev–Trinajstić information content (AvgIpc) is 2.58. The zero-order valence-electron chi connectivity index (χ0n) is 17.1. The summed E-state index contributed by atoms with van der Waals surface area (Å²) in [6.45, 7) is 17.3. The van der Waals surface area contributed by atoms with E-state index >= 15 is 0 Å². The van der Waals surface area contributed by atoms with E-state index in [9.17, 15) is 0 Å². The van der Waals surface area contributed by atoms with Crippen molar-refractivity contribution in [1.82, 2.24) is 20.4 Å². The standard InChI is InChI=1S/C18H37N5O2.HI/c1-15-12-23(13-16(2)25-15)18(3,4)14-21-17(19-5)20-6-7-22-8-10-24-11-9-22;/h15-16H,6-14H2,1-5H3,(H2,19,20,21);1H. The van der Waals surface area contributed by atoms with Gasteiger partial charge in [-0.05, 0) is 27.7 Å². The molecular weight excluding hydrogens is 445 g/mol. The van der Waals surface area contributed by atoms with Crippen molar-refractivity contribution in [1.29, 1.82) is 0 Å². The van der Waals surface area contributed by atoms with E-state index in [-0.39, 0.29) is 41.7 Å². The van der Waals surface area contributed by atoms with Crippen LogP contribution < -0.4 is 10.6 Å². The van der Waals surface area contributed by atoms with Crippen molar-refractivity contribution in [3.63, 3.8) is 0 Å². The first-order valence-electron chi connectivity index (χ1n) is 9.56. The van der Waals surface area contributed by atoms with Gasteiger partial charge >= 0.3 is 0 Å².